The maximum atomic E-state index is 13.6. The number of ketones is 2. The number of carboxylic acid groups (broad SMARTS) is 1. The summed E-state index contributed by atoms with van der Waals surface area (Å²) in [6, 6.07) is 0. The van der Waals surface area contributed by atoms with Gasteiger partial charge in [-0.15, -0.1) is 0 Å². The van der Waals surface area contributed by atoms with Gasteiger partial charge in [0, 0.05) is 25.9 Å². The average molecular weight is 437 g/mol. The number of allylic oxidation sites excluding steroid dienone is 2. The summed E-state index contributed by atoms with van der Waals surface area (Å²) in [4.78, 5) is 51.3. The number of rotatable bonds is 9. The SMILES string of the molecule is CCCCC(C)C1=C(OC(C)=O)C(=O)C2CC(C)CC(C(=O)O)C2C1(C)C(=O)CCO. The number of fused-ring (bicyclic) bond motifs is 1. The molecule has 7 heteroatoms. The van der Waals surface area contributed by atoms with Gasteiger partial charge in [-0.3, -0.25) is 19.2 Å². The van der Waals surface area contributed by atoms with E-state index in [0.29, 0.717) is 24.8 Å². The van der Waals surface area contributed by atoms with Crippen molar-refractivity contribution in [2.24, 2.45) is 35.0 Å². The molecule has 0 amide bonds. The maximum Gasteiger partial charge on any atom is 0.308 e. The molecule has 2 rings (SSSR count). The molecule has 0 spiro atoms. The molecule has 6 atom stereocenters. The van der Waals surface area contributed by atoms with E-state index in [1.54, 1.807) is 6.92 Å². The summed E-state index contributed by atoms with van der Waals surface area (Å²) < 4.78 is 5.45. The predicted octanol–water partition coefficient (Wildman–Crippen LogP) is 3.53. The van der Waals surface area contributed by atoms with Gasteiger partial charge in [0.15, 0.2) is 5.76 Å². The summed E-state index contributed by atoms with van der Waals surface area (Å²) in [6.45, 7) is 8.39. The molecule has 2 N–H and O–H groups in total. The molecule has 0 aromatic heterocycles. The molecule has 31 heavy (non-hydrogen) atoms. The first-order valence-corrected chi connectivity index (χ1v) is 11.3. The molecule has 7 nitrogen and oxygen atoms in total. The third kappa shape index (κ3) is 4.76. The summed E-state index contributed by atoms with van der Waals surface area (Å²) in [6.07, 6.45) is 3.12. The van der Waals surface area contributed by atoms with E-state index in [2.05, 4.69) is 0 Å². The van der Waals surface area contributed by atoms with Gasteiger partial charge in [-0.05, 0) is 49.5 Å². The van der Waals surface area contributed by atoms with Gasteiger partial charge in [-0.1, -0.05) is 33.6 Å². The largest absolute Gasteiger partial charge is 0.481 e. The van der Waals surface area contributed by atoms with E-state index in [-0.39, 0.29) is 42.2 Å². The standard InChI is InChI=1S/C24H36O7/c1-6-7-8-14(3)19-22(31-15(4)26)21(28)16-11-13(2)12-17(23(29)30)20(16)24(19,5)18(27)9-10-25/h13-14,16-17,20,25H,6-12H2,1-5H3,(H,29,30). The molecule has 2 aliphatic carbocycles. The monoisotopic (exact) mass is 436 g/mol. The predicted molar refractivity (Wildman–Crippen MR) is 114 cm³/mol. The summed E-state index contributed by atoms with van der Waals surface area (Å²) in [5.41, 5.74) is -0.871. The van der Waals surface area contributed by atoms with E-state index in [9.17, 15) is 29.4 Å². The molecule has 6 unspecified atom stereocenters. The quantitative estimate of drug-likeness (QED) is 0.531. The van der Waals surface area contributed by atoms with Crippen LogP contribution in [0.15, 0.2) is 11.3 Å². The first-order valence-electron chi connectivity index (χ1n) is 11.3. The van der Waals surface area contributed by atoms with Crippen LogP contribution in [0, 0.1) is 35.0 Å². The van der Waals surface area contributed by atoms with Crippen molar-refractivity contribution in [3.63, 3.8) is 0 Å². The van der Waals surface area contributed by atoms with Gasteiger partial charge in [-0.2, -0.15) is 0 Å². The number of aliphatic carboxylic acids is 1. The van der Waals surface area contributed by atoms with E-state index in [0.717, 1.165) is 12.8 Å². The first-order chi connectivity index (χ1) is 14.5. The Balaban J connectivity index is 2.82. The highest BCUT2D eigenvalue weighted by molar-refractivity contribution is 6.03. The van der Waals surface area contributed by atoms with Gasteiger partial charge < -0.3 is 14.9 Å². The third-order valence-electron chi connectivity index (χ3n) is 7.18. The zero-order valence-electron chi connectivity index (χ0n) is 19.3. The van der Waals surface area contributed by atoms with Crippen molar-refractivity contribution in [1.82, 2.24) is 0 Å². The zero-order valence-corrected chi connectivity index (χ0v) is 19.3. The Labute approximate surface area is 184 Å². The second kappa shape index (κ2) is 10.1. The molecule has 174 valence electrons. The number of unbranched alkanes of at least 4 members (excludes halogenated alkanes) is 1. The van der Waals surface area contributed by atoms with Crippen LogP contribution in [0.25, 0.3) is 0 Å². The second-order valence-corrected chi connectivity index (χ2v) is 9.50. The highest BCUT2D eigenvalue weighted by Crippen LogP contribution is 2.58. The van der Waals surface area contributed by atoms with E-state index >= 15 is 0 Å². The number of hydrogen-bond donors (Lipinski definition) is 2. The Hall–Kier alpha value is -2.02. The number of aliphatic hydroxyl groups excluding tert-OH is 1. The summed E-state index contributed by atoms with van der Waals surface area (Å²) in [5, 5.41) is 19.5. The highest BCUT2D eigenvalue weighted by Gasteiger charge is 2.61. The van der Waals surface area contributed by atoms with Crippen LogP contribution in [0.3, 0.4) is 0 Å². The van der Waals surface area contributed by atoms with E-state index in [4.69, 9.17) is 4.74 Å². The first kappa shape index (κ1) is 25.2. The Bertz CT molecular complexity index is 768. The number of hydrogen-bond acceptors (Lipinski definition) is 6. The number of aliphatic hydroxyl groups is 1. The van der Waals surface area contributed by atoms with Gasteiger partial charge >= 0.3 is 11.9 Å². The number of carbonyl (C=O) groups is 4. The normalized spacial score (nSPS) is 31.7. The lowest BCUT2D eigenvalue weighted by molar-refractivity contribution is -0.159. The summed E-state index contributed by atoms with van der Waals surface area (Å²) in [7, 11) is 0. The fourth-order valence-electron chi connectivity index (χ4n) is 5.92. The van der Waals surface area contributed by atoms with Crippen molar-refractivity contribution >= 4 is 23.5 Å². The fraction of sp³-hybridized carbons (Fsp3) is 0.750. The summed E-state index contributed by atoms with van der Waals surface area (Å²) >= 11 is 0. The number of esters is 1. The van der Waals surface area contributed by atoms with Crippen molar-refractivity contribution in [3.8, 4) is 0 Å². The van der Waals surface area contributed by atoms with Crippen LogP contribution in [0.4, 0.5) is 0 Å². The minimum Gasteiger partial charge on any atom is -0.481 e. The lowest BCUT2D eigenvalue weighted by Gasteiger charge is -2.52. The number of ether oxygens (including phenoxy) is 1. The molecule has 0 aromatic carbocycles. The molecule has 1 fully saturated rings. The molecule has 0 aliphatic heterocycles. The Morgan fingerprint density at radius 1 is 1.26 bits per heavy atom. The molecule has 0 heterocycles. The van der Waals surface area contributed by atoms with Crippen molar-refractivity contribution in [1.29, 1.82) is 0 Å². The maximum absolute atomic E-state index is 13.6. The van der Waals surface area contributed by atoms with Crippen molar-refractivity contribution < 1.29 is 34.1 Å². The van der Waals surface area contributed by atoms with Gasteiger partial charge in [-0.25, -0.2) is 0 Å². The van der Waals surface area contributed by atoms with E-state index < -0.39 is 35.1 Å². The average Bonchev–Trinajstić information content (AvgIpc) is 2.69. The Morgan fingerprint density at radius 3 is 2.42 bits per heavy atom. The van der Waals surface area contributed by atoms with Crippen LogP contribution >= 0.6 is 0 Å². The fourth-order valence-corrected chi connectivity index (χ4v) is 5.92. The van der Waals surface area contributed by atoms with E-state index in [1.165, 1.54) is 6.92 Å². The second-order valence-electron chi connectivity index (χ2n) is 9.50. The smallest absolute Gasteiger partial charge is 0.308 e. The summed E-state index contributed by atoms with van der Waals surface area (Å²) in [5.74, 6) is -4.98. The van der Waals surface area contributed by atoms with Crippen LogP contribution in [-0.2, 0) is 23.9 Å². The number of Topliss-reactive ketones (excluding diaryl/α,β-unsaturated/α-hetero) is 2. The van der Waals surface area contributed by atoms with Crippen LogP contribution in [0.2, 0.25) is 0 Å². The number of carbonyl (C=O) groups excluding carboxylic acids is 3. The van der Waals surface area contributed by atoms with Gasteiger partial charge in [0.25, 0.3) is 0 Å². The molecule has 0 bridgehead atoms. The van der Waals surface area contributed by atoms with Crippen LogP contribution in [-0.4, -0.2) is 40.3 Å². The van der Waals surface area contributed by atoms with E-state index in [1.807, 2.05) is 20.8 Å². The molecular weight excluding hydrogens is 400 g/mol. The van der Waals surface area contributed by atoms with Gasteiger partial charge in [0.2, 0.25) is 5.78 Å². The minimum absolute atomic E-state index is 0.0128. The molecule has 0 saturated heterocycles. The highest BCUT2D eigenvalue weighted by atomic mass is 16.5. The van der Waals surface area contributed by atoms with Crippen LogP contribution < -0.4 is 0 Å². The molecule has 1 saturated carbocycles. The van der Waals surface area contributed by atoms with Crippen molar-refractivity contribution in [2.45, 2.75) is 73.1 Å². The topological polar surface area (TPSA) is 118 Å². The molecule has 0 radical (unpaired) electrons. The third-order valence-corrected chi connectivity index (χ3v) is 7.18. The van der Waals surface area contributed by atoms with Gasteiger partial charge in [0.1, 0.15) is 5.78 Å². The van der Waals surface area contributed by atoms with Crippen LogP contribution in [0.1, 0.15) is 73.1 Å². The zero-order chi connectivity index (χ0) is 23.5. The van der Waals surface area contributed by atoms with Crippen LogP contribution in [0.5, 0.6) is 0 Å². The molecular formula is C24H36O7. The molecule has 0 aromatic rings. The van der Waals surface area contributed by atoms with Crippen molar-refractivity contribution in [2.75, 3.05) is 6.61 Å². The lowest BCUT2D eigenvalue weighted by atomic mass is 9.49. The Kier molecular flexibility index (Phi) is 8.20. The van der Waals surface area contributed by atoms with Gasteiger partial charge in [0.05, 0.1) is 11.3 Å². The molecule has 2 aliphatic rings. The number of carboxylic acids is 1. The lowest BCUT2D eigenvalue weighted by Crippen LogP contribution is -2.56. The van der Waals surface area contributed by atoms with Crippen molar-refractivity contribution in [3.05, 3.63) is 11.3 Å². The minimum atomic E-state index is -1.30. The Morgan fingerprint density at radius 2 is 1.90 bits per heavy atom.